The number of aliphatic imine (C=N–C) groups is 1. The normalized spacial score (nSPS) is 18.4. The van der Waals surface area contributed by atoms with E-state index in [0.717, 1.165) is 29.8 Å². The van der Waals surface area contributed by atoms with Gasteiger partial charge in [0.1, 0.15) is 6.04 Å². The number of nitrogens with one attached hydrogen (secondary N) is 1. The van der Waals surface area contributed by atoms with Gasteiger partial charge in [-0.2, -0.15) is 4.99 Å². The van der Waals surface area contributed by atoms with Crippen LogP contribution in [0.1, 0.15) is 27.6 Å². The number of rotatable bonds is 3. The number of carbonyl (C=O) groups is 5. The van der Waals surface area contributed by atoms with Crippen LogP contribution in [0.25, 0.3) is 0 Å². The highest BCUT2D eigenvalue weighted by molar-refractivity contribution is 8.18. The first-order valence-corrected chi connectivity index (χ1v) is 8.53. The Morgan fingerprint density at radius 3 is 2.33 bits per heavy atom. The maximum absolute atomic E-state index is 12.4. The van der Waals surface area contributed by atoms with Gasteiger partial charge in [0.2, 0.25) is 5.91 Å². The summed E-state index contributed by atoms with van der Waals surface area (Å²) in [6, 6.07) is 5.16. The predicted molar refractivity (Wildman–Crippen MR) is 94.7 cm³/mol. The van der Waals surface area contributed by atoms with Gasteiger partial charge in [-0.05, 0) is 30.8 Å². The van der Waals surface area contributed by atoms with Crippen LogP contribution in [0.2, 0.25) is 0 Å². The Hall–Kier alpha value is -3.27. The van der Waals surface area contributed by atoms with Crippen molar-refractivity contribution in [2.24, 2.45) is 4.99 Å². The van der Waals surface area contributed by atoms with Crippen molar-refractivity contribution in [2.75, 3.05) is 7.11 Å². The molecule has 4 amide bonds. The molecule has 0 bridgehead atoms. The standard InChI is InChI=1S/C17H13N3O6S/c1-8(20-15(24)9-5-3-4-6-10(9)16(20)25)13(22)18-17-19-14(23)11(27-17)7-12(21)26-2/h3-8H,1-2H3,(H,18,19,22,23)/b11-7-. The van der Waals surface area contributed by atoms with E-state index in [-0.39, 0.29) is 21.2 Å². The minimum Gasteiger partial charge on any atom is -0.466 e. The van der Waals surface area contributed by atoms with Gasteiger partial charge in [-0.3, -0.25) is 24.1 Å². The molecule has 0 saturated carbocycles. The van der Waals surface area contributed by atoms with Gasteiger partial charge < -0.3 is 10.1 Å². The van der Waals surface area contributed by atoms with Crippen LogP contribution in [-0.2, 0) is 19.1 Å². The zero-order valence-electron chi connectivity index (χ0n) is 14.2. The van der Waals surface area contributed by atoms with E-state index in [2.05, 4.69) is 15.0 Å². The number of esters is 1. The molecule has 1 unspecified atom stereocenters. The number of benzene rings is 1. The molecule has 0 fully saturated rings. The van der Waals surface area contributed by atoms with Gasteiger partial charge in [0.15, 0.2) is 5.17 Å². The average molecular weight is 387 g/mol. The summed E-state index contributed by atoms with van der Waals surface area (Å²) in [7, 11) is 1.16. The number of amides is 4. The second-order valence-electron chi connectivity index (χ2n) is 5.55. The summed E-state index contributed by atoms with van der Waals surface area (Å²) in [6.45, 7) is 1.39. The summed E-state index contributed by atoms with van der Waals surface area (Å²) in [5, 5.41) is 2.34. The summed E-state index contributed by atoms with van der Waals surface area (Å²) < 4.78 is 4.44. The van der Waals surface area contributed by atoms with E-state index in [1.807, 2.05) is 0 Å². The highest BCUT2D eigenvalue weighted by Crippen LogP contribution is 2.27. The smallest absolute Gasteiger partial charge is 0.331 e. The first-order valence-electron chi connectivity index (χ1n) is 7.71. The van der Waals surface area contributed by atoms with Gasteiger partial charge in [0.25, 0.3) is 17.7 Å². The Morgan fingerprint density at radius 2 is 1.78 bits per heavy atom. The minimum atomic E-state index is -1.12. The molecule has 0 spiro atoms. The highest BCUT2D eigenvalue weighted by Gasteiger charge is 2.41. The number of hydrogen-bond acceptors (Lipinski definition) is 7. The maximum Gasteiger partial charge on any atom is 0.331 e. The molecule has 9 nitrogen and oxygen atoms in total. The first-order chi connectivity index (χ1) is 12.8. The van der Waals surface area contributed by atoms with E-state index < -0.39 is 35.6 Å². The highest BCUT2D eigenvalue weighted by atomic mass is 32.2. The minimum absolute atomic E-state index is 0.00877. The fourth-order valence-electron chi connectivity index (χ4n) is 2.52. The lowest BCUT2D eigenvalue weighted by atomic mass is 10.1. The summed E-state index contributed by atoms with van der Waals surface area (Å²) in [4.78, 5) is 64.7. The van der Waals surface area contributed by atoms with Crippen molar-refractivity contribution in [1.29, 1.82) is 0 Å². The molecule has 10 heteroatoms. The van der Waals surface area contributed by atoms with Crippen LogP contribution in [0, 0.1) is 0 Å². The second kappa shape index (κ2) is 7.16. The molecule has 2 aliphatic heterocycles. The Kier molecular flexibility index (Phi) is 4.91. The fourth-order valence-corrected chi connectivity index (χ4v) is 3.29. The van der Waals surface area contributed by atoms with Crippen LogP contribution in [-0.4, -0.2) is 52.8 Å². The molecular weight excluding hydrogens is 374 g/mol. The Balaban J connectivity index is 1.71. The number of carbonyl (C=O) groups excluding carboxylic acids is 5. The van der Waals surface area contributed by atoms with E-state index in [1.165, 1.54) is 19.1 Å². The van der Waals surface area contributed by atoms with Crippen LogP contribution in [0.4, 0.5) is 0 Å². The van der Waals surface area contributed by atoms with E-state index in [9.17, 15) is 24.0 Å². The summed E-state index contributed by atoms with van der Waals surface area (Å²) >= 11 is 0.780. The van der Waals surface area contributed by atoms with Crippen molar-refractivity contribution >= 4 is 46.5 Å². The summed E-state index contributed by atoms with van der Waals surface area (Å²) in [5.74, 6) is -3.26. The SMILES string of the molecule is COC(=O)/C=C1\SC(NC(=O)C(C)N2C(=O)c3ccccc3C2=O)=NC1=O. The third-order valence-electron chi connectivity index (χ3n) is 3.89. The fraction of sp³-hybridized carbons (Fsp3) is 0.176. The molecule has 138 valence electrons. The van der Waals surface area contributed by atoms with Gasteiger partial charge in [0.05, 0.1) is 23.1 Å². The third kappa shape index (κ3) is 3.38. The molecule has 1 aromatic carbocycles. The maximum atomic E-state index is 12.4. The third-order valence-corrected chi connectivity index (χ3v) is 4.79. The van der Waals surface area contributed by atoms with Gasteiger partial charge in [-0.1, -0.05) is 12.1 Å². The van der Waals surface area contributed by atoms with Crippen LogP contribution >= 0.6 is 11.8 Å². The monoisotopic (exact) mass is 387 g/mol. The van der Waals surface area contributed by atoms with Crippen molar-refractivity contribution in [1.82, 2.24) is 10.2 Å². The Bertz CT molecular complexity index is 917. The van der Waals surface area contributed by atoms with Crippen LogP contribution < -0.4 is 5.32 Å². The van der Waals surface area contributed by atoms with E-state index in [1.54, 1.807) is 12.1 Å². The molecule has 0 radical (unpaired) electrons. The molecule has 1 atom stereocenters. The van der Waals surface area contributed by atoms with Crippen molar-refractivity contribution in [2.45, 2.75) is 13.0 Å². The number of hydrogen-bond donors (Lipinski definition) is 1. The zero-order valence-corrected chi connectivity index (χ0v) is 15.0. The number of imide groups is 1. The van der Waals surface area contributed by atoms with Gasteiger partial charge in [0, 0.05) is 6.08 Å². The molecule has 1 aromatic rings. The van der Waals surface area contributed by atoms with E-state index in [4.69, 9.17) is 0 Å². The van der Waals surface area contributed by atoms with Crippen molar-refractivity contribution in [3.8, 4) is 0 Å². The summed E-state index contributed by atoms with van der Waals surface area (Å²) in [6.07, 6.45) is 0.962. The lowest BCUT2D eigenvalue weighted by Gasteiger charge is -2.21. The molecular formula is C17H13N3O6S. The van der Waals surface area contributed by atoms with Crippen LogP contribution in [0.15, 0.2) is 40.2 Å². The lowest BCUT2D eigenvalue weighted by Crippen LogP contribution is -2.48. The number of ether oxygens (including phenoxy) is 1. The lowest BCUT2D eigenvalue weighted by molar-refractivity contribution is -0.135. The van der Waals surface area contributed by atoms with Crippen LogP contribution in [0.5, 0.6) is 0 Å². The predicted octanol–water partition coefficient (Wildman–Crippen LogP) is 0.474. The van der Waals surface area contributed by atoms with Gasteiger partial charge in [-0.25, -0.2) is 4.79 Å². The summed E-state index contributed by atoms with van der Waals surface area (Å²) in [5.41, 5.74) is 0.460. The number of amidine groups is 1. The van der Waals surface area contributed by atoms with Crippen LogP contribution in [0.3, 0.4) is 0 Å². The molecule has 27 heavy (non-hydrogen) atoms. The molecule has 3 rings (SSSR count). The van der Waals surface area contributed by atoms with E-state index in [0.29, 0.717) is 0 Å². The molecule has 0 aromatic heterocycles. The van der Waals surface area contributed by atoms with Crippen molar-refractivity contribution in [3.63, 3.8) is 0 Å². The van der Waals surface area contributed by atoms with Crippen molar-refractivity contribution in [3.05, 3.63) is 46.4 Å². The second-order valence-corrected chi connectivity index (χ2v) is 6.58. The Labute approximate surface area is 157 Å². The Morgan fingerprint density at radius 1 is 1.19 bits per heavy atom. The molecule has 0 aliphatic carbocycles. The molecule has 1 N–H and O–H groups in total. The molecule has 2 heterocycles. The zero-order chi connectivity index (χ0) is 19.7. The van der Waals surface area contributed by atoms with Crippen molar-refractivity contribution < 1.29 is 28.7 Å². The number of thioether (sulfide) groups is 1. The molecule has 0 saturated heterocycles. The topological polar surface area (TPSA) is 122 Å². The van der Waals surface area contributed by atoms with E-state index >= 15 is 0 Å². The molecule has 2 aliphatic rings. The average Bonchev–Trinajstić information content (AvgIpc) is 3.11. The largest absolute Gasteiger partial charge is 0.466 e. The number of methoxy groups -OCH3 is 1. The quantitative estimate of drug-likeness (QED) is 0.454. The van der Waals surface area contributed by atoms with Gasteiger partial charge in [-0.15, -0.1) is 0 Å². The first kappa shape index (κ1) is 18.5. The van der Waals surface area contributed by atoms with Gasteiger partial charge >= 0.3 is 5.97 Å². The number of nitrogens with zero attached hydrogens (tertiary/aromatic N) is 2. The number of fused-ring (bicyclic) bond motifs is 1.